The molecule has 0 spiro atoms. The summed E-state index contributed by atoms with van der Waals surface area (Å²) < 4.78 is 6.53. The predicted octanol–water partition coefficient (Wildman–Crippen LogP) is 1.68. The SMILES string of the molecule is Cc1cc(C)n2nc(CCCNC(=O)[C@H](C)NC(=O)c3ccoc3)c(C#N)c2n1. The number of rotatable bonds is 7. The molecule has 29 heavy (non-hydrogen) atoms. The van der Waals surface area contributed by atoms with Crippen LogP contribution < -0.4 is 10.6 Å². The van der Waals surface area contributed by atoms with E-state index in [-0.39, 0.29) is 11.8 Å². The second-order valence-electron chi connectivity index (χ2n) is 6.81. The number of aryl methyl sites for hydroxylation is 3. The molecule has 0 radical (unpaired) electrons. The van der Waals surface area contributed by atoms with Crippen molar-refractivity contribution >= 4 is 17.5 Å². The Kier molecular flexibility index (Phi) is 5.93. The molecule has 0 saturated heterocycles. The van der Waals surface area contributed by atoms with Gasteiger partial charge in [0.25, 0.3) is 5.91 Å². The van der Waals surface area contributed by atoms with Gasteiger partial charge in [0, 0.05) is 17.9 Å². The minimum Gasteiger partial charge on any atom is -0.472 e. The zero-order valence-electron chi connectivity index (χ0n) is 16.5. The number of nitrogens with zero attached hydrogens (tertiary/aromatic N) is 4. The van der Waals surface area contributed by atoms with Crippen molar-refractivity contribution in [3.8, 4) is 6.07 Å². The third-order valence-corrected chi connectivity index (χ3v) is 4.49. The summed E-state index contributed by atoms with van der Waals surface area (Å²) in [4.78, 5) is 28.5. The van der Waals surface area contributed by atoms with Crippen molar-refractivity contribution in [1.29, 1.82) is 5.26 Å². The summed E-state index contributed by atoms with van der Waals surface area (Å²) in [7, 11) is 0. The third-order valence-electron chi connectivity index (χ3n) is 4.49. The monoisotopic (exact) mass is 394 g/mol. The Morgan fingerprint density at radius 2 is 2.17 bits per heavy atom. The molecule has 3 aromatic heterocycles. The van der Waals surface area contributed by atoms with Crippen LogP contribution >= 0.6 is 0 Å². The van der Waals surface area contributed by atoms with Gasteiger partial charge in [-0.3, -0.25) is 9.59 Å². The number of nitriles is 1. The zero-order chi connectivity index (χ0) is 21.0. The molecule has 0 saturated carbocycles. The van der Waals surface area contributed by atoms with Crippen molar-refractivity contribution in [3.05, 3.63) is 52.9 Å². The average molecular weight is 394 g/mol. The fourth-order valence-electron chi connectivity index (χ4n) is 3.01. The Balaban J connectivity index is 1.54. The fourth-order valence-corrected chi connectivity index (χ4v) is 3.01. The highest BCUT2D eigenvalue weighted by molar-refractivity contribution is 5.97. The maximum atomic E-state index is 12.2. The predicted molar refractivity (Wildman–Crippen MR) is 104 cm³/mol. The van der Waals surface area contributed by atoms with Gasteiger partial charge in [-0.2, -0.15) is 10.4 Å². The maximum absolute atomic E-state index is 12.2. The van der Waals surface area contributed by atoms with Crippen molar-refractivity contribution in [1.82, 2.24) is 25.2 Å². The lowest BCUT2D eigenvalue weighted by Crippen LogP contribution is -2.45. The number of hydrogen-bond donors (Lipinski definition) is 2. The summed E-state index contributed by atoms with van der Waals surface area (Å²) in [5.41, 5.74) is 3.77. The molecular formula is C20H22N6O3. The lowest BCUT2D eigenvalue weighted by molar-refractivity contribution is -0.122. The van der Waals surface area contributed by atoms with Gasteiger partial charge in [-0.15, -0.1) is 0 Å². The first kappa shape index (κ1) is 20.1. The molecule has 150 valence electrons. The molecule has 0 aliphatic heterocycles. The zero-order valence-corrected chi connectivity index (χ0v) is 16.5. The van der Waals surface area contributed by atoms with Crippen LogP contribution in [0.2, 0.25) is 0 Å². The first-order valence-electron chi connectivity index (χ1n) is 9.27. The molecule has 3 aromatic rings. The summed E-state index contributed by atoms with van der Waals surface area (Å²) >= 11 is 0. The number of nitrogens with one attached hydrogen (secondary N) is 2. The number of carbonyl (C=O) groups is 2. The number of furan rings is 1. The van der Waals surface area contributed by atoms with E-state index in [2.05, 4.69) is 26.8 Å². The number of amides is 2. The molecule has 3 rings (SSSR count). The van der Waals surface area contributed by atoms with E-state index in [0.717, 1.165) is 11.4 Å². The normalized spacial score (nSPS) is 11.8. The topological polar surface area (TPSA) is 125 Å². The van der Waals surface area contributed by atoms with Gasteiger partial charge in [0.2, 0.25) is 5.91 Å². The highest BCUT2D eigenvalue weighted by Crippen LogP contribution is 2.17. The molecule has 0 aliphatic rings. The summed E-state index contributed by atoms with van der Waals surface area (Å²) in [6, 6.07) is 4.94. The first-order chi connectivity index (χ1) is 13.9. The van der Waals surface area contributed by atoms with Gasteiger partial charge in [-0.1, -0.05) is 0 Å². The largest absolute Gasteiger partial charge is 0.472 e. The number of carbonyl (C=O) groups excluding carboxylic acids is 2. The molecule has 9 heteroatoms. The van der Waals surface area contributed by atoms with E-state index in [1.54, 1.807) is 11.4 Å². The second kappa shape index (κ2) is 8.56. The van der Waals surface area contributed by atoms with Crippen LogP contribution in [0, 0.1) is 25.2 Å². The summed E-state index contributed by atoms with van der Waals surface area (Å²) in [5, 5.41) is 19.4. The van der Waals surface area contributed by atoms with E-state index in [4.69, 9.17) is 4.42 Å². The Hall–Kier alpha value is -3.67. The van der Waals surface area contributed by atoms with Gasteiger partial charge in [-0.05, 0) is 45.7 Å². The quantitative estimate of drug-likeness (QED) is 0.587. The van der Waals surface area contributed by atoms with Crippen molar-refractivity contribution in [2.75, 3.05) is 6.54 Å². The molecule has 3 heterocycles. The Morgan fingerprint density at radius 3 is 2.86 bits per heavy atom. The smallest absolute Gasteiger partial charge is 0.255 e. The molecule has 0 aromatic carbocycles. The molecule has 1 atom stereocenters. The van der Waals surface area contributed by atoms with Crippen LogP contribution in [0.3, 0.4) is 0 Å². The molecule has 9 nitrogen and oxygen atoms in total. The maximum Gasteiger partial charge on any atom is 0.255 e. The van der Waals surface area contributed by atoms with Crippen LogP contribution in [-0.4, -0.2) is 39.0 Å². The molecular weight excluding hydrogens is 372 g/mol. The standard InChI is InChI=1S/C20H22N6O3/c1-12-9-13(2)26-18(23-12)16(10-21)17(25-26)5-4-7-22-19(27)14(3)24-20(28)15-6-8-29-11-15/h6,8-9,11,14H,4-5,7H2,1-3H3,(H,22,27)(H,24,28)/t14-/m0/s1. The lowest BCUT2D eigenvalue weighted by Gasteiger charge is -2.13. The van der Waals surface area contributed by atoms with E-state index in [1.807, 2.05) is 19.9 Å². The van der Waals surface area contributed by atoms with Gasteiger partial charge in [0.05, 0.1) is 17.5 Å². The van der Waals surface area contributed by atoms with Gasteiger partial charge < -0.3 is 15.1 Å². The molecule has 2 N–H and O–H groups in total. The average Bonchev–Trinajstić information content (AvgIpc) is 3.33. The van der Waals surface area contributed by atoms with Crippen LogP contribution in [0.5, 0.6) is 0 Å². The van der Waals surface area contributed by atoms with Gasteiger partial charge in [0.1, 0.15) is 23.9 Å². The minimum atomic E-state index is -0.683. The van der Waals surface area contributed by atoms with E-state index >= 15 is 0 Å². The van der Waals surface area contributed by atoms with E-state index in [9.17, 15) is 14.9 Å². The van der Waals surface area contributed by atoms with Gasteiger partial charge in [-0.25, -0.2) is 9.50 Å². The van der Waals surface area contributed by atoms with Crippen molar-refractivity contribution in [2.45, 2.75) is 39.7 Å². The van der Waals surface area contributed by atoms with Crippen LogP contribution in [0.4, 0.5) is 0 Å². The van der Waals surface area contributed by atoms with Crippen LogP contribution in [0.1, 0.15) is 46.3 Å². The van der Waals surface area contributed by atoms with Crippen molar-refractivity contribution in [2.24, 2.45) is 0 Å². The van der Waals surface area contributed by atoms with Gasteiger partial charge >= 0.3 is 0 Å². The highest BCUT2D eigenvalue weighted by Gasteiger charge is 2.18. The van der Waals surface area contributed by atoms with E-state index in [0.29, 0.717) is 41.9 Å². The molecule has 0 bridgehead atoms. The molecule has 0 unspecified atom stereocenters. The third kappa shape index (κ3) is 4.43. The molecule has 2 amide bonds. The Labute approximate surface area is 167 Å². The van der Waals surface area contributed by atoms with Crippen molar-refractivity contribution < 1.29 is 14.0 Å². The highest BCUT2D eigenvalue weighted by atomic mass is 16.3. The fraction of sp³-hybridized carbons (Fsp3) is 0.350. The van der Waals surface area contributed by atoms with E-state index in [1.165, 1.54) is 18.6 Å². The molecule has 0 aliphatic carbocycles. The van der Waals surface area contributed by atoms with E-state index < -0.39 is 6.04 Å². The summed E-state index contributed by atoms with van der Waals surface area (Å²) in [6.07, 6.45) is 3.85. The second-order valence-corrected chi connectivity index (χ2v) is 6.81. The number of aromatic nitrogens is 3. The van der Waals surface area contributed by atoms with Crippen LogP contribution in [0.15, 0.2) is 29.1 Å². The summed E-state index contributed by atoms with van der Waals surface area (Å²) in [6.45, 7) is 5.80. The first-order valence-corrected chi connectivity index (χ1v) is 9.27. The summed E-state index contributed by atoms with van der Waals surface area (Å²) in [5.74, 6) is -0.659. The van der Waals surface area contributed by atoms with Gasteiger partial charge in [0.15, 0.2) is 5.65 Å². The van der Waals surface area contributed by atoms with Crippen molar-refractivity contribution in [3.63, 3.8) is 0 Å². The Bertz CT molecular complexity index is 1080. The number of fused-ring (bicyclic) bond motifs is 1. The number of hydrogen-bond acceptors (Lipinski definition) is 6. The lowest BCUT2D eigenvalue weighted by atomic mass is 10.1. The van der Waals surface area contributed by atoms with Crippen LogP contribution in [0.25, 0.3) is 5.65 Å². The molecule has 0 fully saturated rings. The van der Waals surface area contributed by atoms with Crippen LogP contribution in [-0.2, 0) is 11.2 Å². The minimum absolute atomic E-state index is 0.287. The Morgan fingerprint density at radius 1 is 1.38 bits per heavy atom.